The second-order valence-corrected chi connectivity index (χ2v) is 7.43. The number of likely N-dealkylation sites (N-methyl/N-ethyl adjacent to an activating group) is 1. The van der Waals surface area contributed by atoms with Gasteiger partial charge in [-0.25, -0.2) is 0 Å². The highest BCUT2D eigenvalue weighted by molar-refractivity contribution is 6.33. The van der Waals surface area contributed by atoms with Gasteiger partial charge in [-0.2, -0.15) is 0 Å². The van der Waals surface area contributed by atoms with Crippen molar-refractivity contribution in [3.05, 3.63) is 57.2 Å². The van der Waals surface area contributed by atoms with Gasteiger partial charge in [0.15, 0.2) is 5.43 Å². The molecule has 1 aliphatic rings. The van der Waals surface area contributed by atoms with E-state index >= 15 is 0 Å². The number of likely N-dealkylation sites (tertiary alicyclic amines) is 1. The number of aliphatic hydroxyl groups is 1. The van der Waals surface area contributed by atoms with Gasteiger partial charge in [-0.3, -0.25) is 4.79 Å². The number of nitrogens with zero attached hydrogens (tertiary/aromatic N) is 1. The summed E-state index contributed by atoms with van der Waals surface area (Å²) in [5, 5.41) is 31.8. The summed E-state index contributed by atoms with van der Waals surface area (Å²) in [6, 6.07) is 9.24. The second kappa shape index (κ2) is 7.13. The Kier molecular flexibility index (Phi) is 4.47. The summed E-state index contributed by atoms with van der Waals surface area (Å²) in [5.74, 6) is -0.945. The molecular weight excluding hydrogens is 382 g/mol. The lowest BCUT2D eigenvalue weighted by Crippen LogP contribution is -2.40. The van der Waals surface area contributed by atoms with Crippen LogP contribution in [0, 0.1) is 0 Å². The first-order valence-electron chi connectivity index (χ1n) is 9.58. The number of hydrogen-bond donors (Lipinski definition) is 3. The Morgan fingerprint density at radius 1 is 1.25 bits per heavy atom. The predicted molar refractivity (Wildman–Crippen MR) is 107 cm³/mol. The number of rotatable bonds is 2. The molecule has 0 spiro atoms. The van der Waals surface area contributed by atoms with Gasteiger partial charge in [0.05, 0.1) is 11.1 Å². The van der Waals surface area contributed by atoms with Crippen LogP contribution < -0.4 is 5.43 Å². The molecule has 3 aromatic rings. The molecule has 146 valence electrons. The summed E-state index contributed by atoms with van der Waals surface area (Å²) in [7, 11) is 0.0673. The van der Waals surface area contributed by atoms with Gasteiger partial charge in [-0.1, -0.05) is 23.7 Å². The zero-order chi connectivity index (χ0) is 20.7. The molecule has 2 atom stereocenters. The van der Waals surface area contributed by atoms with Crippen LogP contribution in [0.25, 0.3) is 22.3 Å². The number of phenolic OH excluding ortho intramolecular Hbond substituents is 2. The average molecular weight is 403 g/mol. The molecule has 0 saturated carbocycles. The van der Waals surface area contributed by atoms with Crippen molar-refractivity contribution in [1.82, 2.24) is 4.90 Å². The molecule has 0 amide bonds. The Bertz CT molecular complexity index is 1130. The molecule has 0 bridgehead atoms. The van der Waals surface area contributed by atoms with Gasteiger partial charge in [-0.05, 0) is 32.1 Å². The van der Waals surface area contributed by atoms with Gasteiger partial charge in [0.1, 0.15) is 28.2 Å². The number of hydrogen-bond acceptors (Lipinski definition) is 6. The third-order valence-corrected chi connectivity index (χ3v) is 5.50. The summed E-state index contributed by atoms with van der Waals surface area (Å²) in [6.45, 7) is 0.825. The molecule has 1 fully saturated rings. The number of halogens is 1. The summed E-state index contributed by atoms with van der Waals surface area (Å²) >= 11 is 6.24. The van der Waals surface area contributed by atoms with Gasteiger partial charge in [0.25, 0.3) is 0 Å². The van der Waals surface area contributed by atoms with Gasteiger partial charge in [0.2, 0.25) is 0 Å². The highest BCUT2D eigenvalue weighted by Gasteiger charge is 2.33. The highest BCUT2D eigenvalue weighted by atomic mass is 35.5. The second-order valence-electron chi connectivity index (χ2n) is 7.03. The van der Waals surface area contributed by atoms with E-state index in [0.29, 0.717) is 23.6 Å². The molecule has 1 aromatic heterocycles. The number of fused-ring (bicyclic) bond motifs is 1. The van der Waals surface area contributed by atoms with Crippen molar-refractivity contribution >= 4 is 22.6 Å². The third kappa shape index (κ3) is 3.13. The Balaban J connectivity index is 1.95. The minimum absolute atomic E-state index is 0.0355. The van der Waals surface area contributed by atoms with E-state index in [1.807, 2.05) is 0 Å². The molecule has 28 heavy (non-hydrogen) atoms. The first kappa shape index (κ1) is 17.6. The van der Waals surface area contributed by atoms with Crippen LogP contribution >= 0.6 is 11.6 Å². The lowest BCUT2D eigenvalue weighted by molar-refractivity contribution is 0.0630. The SMILES string of the molecule is [2H]CN1CC[C@H](c2c(O)cc(O)c3c(=O)cc(-c4ccccc4Cl)oc23)[C@H](O)C1. The average Bonchev–Trinajstić information content (AvgIpc) is 2.68. The van der Waals surface area contributed by atoms with E-state index in [0.717, 1.165) is 6.07 Å². The van der Waals surface area contributed by atoms with Crippen LogP contribution in [0.2, 0.25) is 5.02 Å². The summed E-state index contributed by atoms with van der Waals surface area (Å²) in [6.07, 6.45) is -0.393. The molecule has 7 heteroatoms. The van der Waals surface area contributed by atoms with E-state index < -0.39 is 23.2 Å². The van der Waals surface area contributed by atoms with Gasteiger partial charge in [-0.15, -0.1) is 0 Å². The molecule has 4 rings (SSSR count). The van der Waals surface area contributed by atoms with E-state index in [9.17, 15) is 20.1 Å². The Morgan fingerprint density at radius 3 is 2.75 bits per heavy atom. The molecule has 3 N–H and O–H groups in total. The minimum Gasteiger partial charge on any atom is -0.507 e. The topological polar surface area (TPSA) is 94.1 Å². The van der Waals surface area contributed by atoms with Gasteiger partial charge in [0, 0.05) is 37.1 Å². The van der Waals surface area contributed by atoms with Crippen LogP contribution in [0.4, 0.5) is 0 Å². The first-order valence-corrected chi connectivity index (χ1v) is 9.25. The van der Waals surface area contributed by atoms with Crippen LogP contribution in [0.3, 0.4) is 0 Å². The van der Waals surface area contributed by atoms with E-state index in [1.54, 1.807) is 29.2 Å². The maximum Gasteiger partial charge on any atom is 0.197 e. The van der Waals surface area contributed by atoms with E-state index in [-0.39, 0.29) is 41.6 Å². The normalized spacial score (nSPS) is 21.0. The summed E-state index contributed by atoms with van der Waals surface area (Å²) in [5.41, 5.74) is 0.346. The monoisotopic (exact) mass is 402 g/mol. The fraction of sp³-hybridized carbons (Fsp3) is 0.286. The summed E-state index contributed by atoms with van der Waals surface area (Å²) in [4.78, 5) is 14.6. The number of piperidine rings is 1. The molecule has 0 radical (unpaired) electrons. The third-order valence-electron chi connectivity index (χ3n) is 5.17. The van der Waals surface area contributed by atoms with Gasteiger partial charge < -0.3 is 24.6 Å². The lowest BCUT2D eigenvalue weighted by Gasteiger charge is -2.34. The zero-order valence-corrected chi connectivity index (χ0v) is 15.7. The minimum atomic E-state index is -0.859. The fourth-order valence-electron chi connectivity index (χ4n) is 3.81. The molecule has 0 unspecified atom stereocenters. The van der Waals surface area contributed by atoms with Crippen LogP contribution in [0.1, 0.15) is 19.3 Å². The maximum atomic E-state index is 12.8. The molecule has 1 aliphatic heterocycles. The summed E-state index contributed by atoms with van der Waals surface area (Å²) < 4.78 is 13.5. The smallest absolute Gasteiger partial charge is 0.197 e. The number of benzene rings is 2. The first-order chi connectivity index (χ1) is 13.9. The number of β-amino-alcohol motifs (C(OH)–C–C–N with tert-alkyl or cyclic N) is 1. The van der Waals surface area contributed by atoms with Crippen molar-refractivity contribution in [3.63, 3.8) is 0 Å². The van der Waals surface area contributed by atoms with Crippen LogP contribution in [0.5, 0.6) is 11.5 Å². The van der Waals surface area contributed by atoms with E-state index in [2.05, 4.69) is 0 Å². The molecule has 0 aliphatic carbocycles. The molecular formula is C21H20ClNO5. The molecule has 2 heterocycles. The molecule has 1 saturated heterocycles. The Hall–Kier alpha value is -2.54. The standard InChI is InChI=1S/C21H20ClNO5/c1-23-7-6-12(17(27)10-23)19-14(24)8-15(25)20-16(26)9-18(28-21(19)20)11-4-2-3-5-13(11)22/h2-5,8-9,12,17,24-25,27H,6-7,10H2,1H3/t12-,17+/m0/s1/i1D. The quantitative estimate of drug-likeness (QED) is 0.609. The van der Waals surface area contributed by atoms with Crippen LogP contribution in [-0.2, 0) is 0 Å². The molecule has 6 nitrogen and oxygen atoms in total. The van der Waals surface area contributed by atoms with Crippen molar-refractivity contribution in [2.45, 2.75) is 18.4 Å². The van der Waals surface area contributed by atoms with Gasteiger partial charge >= 0.3 is 0 Å². The van der Waals surface area contributed by atoms with Crippen molar-refractivity contribution in [3.8, 4) is 22.8 Å². The van der Waals surface area contributed by atoms with Crippen molar-refractivity contribution in [2.24, 2.45) is 0 Å². The Labute approximate surface area is 167 Å². The predicted octanol–water partition coefficient (Wildman–Crippen LogP) is 3.30. The largest absolute Gasteiger partial charge is 0.507 e. The van der Waals surface area contributed by atoms with E-state index in [4.69, 9.17) is 17.4 Å². The van der Waals surface area contributed by atoms with Crippen molar-refractivity contribution in [1.29, 1.82) is 0 Å². The fourth-order valence-corrected chi connectivity index (χ4v) is 4.04. The van der Waals surface area contributed by atoms with E-state index in [1.165, 1.54) is 6.07 Å². The number of aliphatic hydroxyl groups excluding tert-OH is 1. The van der Waals surface area contributed by atoms with Crippen LogP contribution in [-0.4, -0.2) is 46.4 Å². The lowest BCUT2D eigenvalue weighted by atomic mass is 9.85. The Morgan fingerprint density at radius 2 is 2.04 bits per heavy atom. The molecule has 2 aromatic carbocycles. The maximum absolute atomic E-state index is 12.8. The zero-order valence-electron chi connectivity index (χ0n) is 15.9. The highest BCUT2D eigenvalue weighted by Crippen LogP contribution is 2.42. The van der Waals surface area contributed by atoms with Crippen LogP contribution in [0.15, 0.2) is 45.6 Å². The van der Waals surface area contributed by atoms with Crippen molar-refractivity contribution in [2.75, 3.05) is 20.1 Å². The van der Waals surface area contributed by atoms with Crippen molar-refractivity contribution < 1.29 is 21.1 Å². The number of phenols is 2. The number of aromatic hydroxyl groups is 2.